The topological polar surface area (TPSA) is 41.6 Å². The second-order valence-electron chi connectivity index (χ2n) is 7.12. The second-order valence-corrected chi connectivity index (χ2v) is 7.98. The quantitative estimate of drug-likeness (QED) is 0.305. The first-order valence-electron chi connectivity index (χ1n) is 9.21. The summed E-state index contributed by atoms with van der Waals surface area (Å²) in [5.41, 5.74) is -0.222. The third-order valence-corrected chi connectivity index (χ3v) is 5.97. The fourth-order valence-electron chi connectivity index (χ4n) is 3.55. The van der Waals surface area contributed by atoms with Crippen LogP contribution in [0.1, 0.15) is 28.1 Å². The maximum atomic E-state index is 13.6. The molecule has 0 radical (unpaired) electrons. The van der Waals surface area contributed by atoms with Gasteiger partial charge in [-0.3, -0.25) is 0 Å². The van der Waals surface area contributed by atoms with Crippen LogP contribution in [0.2, 0.25) is 0 Å². The van der Waals surface area contributed by atoms with Crippen molar-refractivity contribution < 1.29 is 26.3 Å². The second kappa shape index (κ2) is 7.67. The van der Waals surface area contributed by atoms with Gasteiger partial charge in [-0.05, 0) is 37.3 Å². The van der Waals surface area contributed by atoms with E-state index in [0.29, 0.717) is 27.5 Å². The smallest absolute Gasteiger partial charge is 0.339 e. The Kier molecular flexibility index (Phi) is 5.25. The predicted octanol–water partition coefficient (Wildman–Crippen LogP) is 7.03. The molecule has 0 aliphatic carbocycles. The molecule has 0 unspecified atom stereocenters. The Bertz CT molecular complexity index is 1340. The first kappa shape index (κ1) is 21.9. The summed E-state index contributed by atoms with van der Waals surface area (Å²) in [6.07, 6.45) is -9.11. The van der Waals surface area contributed by atoms with Gasteiger partial charge in [0.2, 0.25) is 0 Å². The minimum absolute atomic E-state index is 0.0627. The highest BCUT2D eigenvalue weighted by molar-refractivity contribution is 7.13. The van der Waals surface area contributed by atoms with E-state index in [1.807, 2.05) is 0 Å². The van der Waals surface area contributed by atoms with E-state index in [2.05, 4.69) is 4.98 Å². The first-order valence-corrected chi connectivity index (χ1v) is 10.1. The van der Waals surface area contributed by atoms with Crippen molar-refractivity contribution in [3.63, 3.8) is 0 Å². The van der Waals surface area contributed by atoms with Crippen LogP contribution >= 0.6 is 11.3 Å². The number of hydrogen-bond donors (Lipinski definition) is 0. The van der Waals surface area contributed by atoms with Crippen LogP contribution in [0.5, 0.6) is 0 Å². The molecule has 10 heteroatoms. The van der Waals surface area contributed by atoms with Crippen molar-refractivity contribution in [3.8, 4) is 16.6 Å². The van der Waals surface area contributed by atoms with Gasteiger partial charge >= 0.3 is 12.4 Å². The molecule has 0 saturated carbocycles. The lowest BCUT2D eigenvalue weighted by Gasteiger charge is -2.11. The van der Waals surface area contributed by atoms with Crippen molar-refractivity contribution >= 4 is 22.2 Å². The van der Waals surface area contributed by atoms with E-state index in [-0.39, 0.29) is 11.9 Å². The van der Waals surface area contributed by atoms with Crippen molar-refractivity contribution in [3.05, 3.63) is 75.9 Å². The molecule has 0 N–H and O–H groups in total. The lowest BCUT2D eigenvalue weighted by atomic mass is 10.0. The summed E-state index contributed by atoms with van der Waals surface area (Å²) in [5.74, 6) is 0. The van der Waals surface area contributed by atoms with Gasteiger partial charge in [0.15, 0.2) is 0 Å². The predicted molar refractivity (Wildman–Crippen MR) is 108 cm³/mol. The Hall–Kier alpha value is -3.32. The van der Waals surface area contributed by atoms with E-state index in [4.69, 9.17) is 5.26 Å². The number of hydrogen-bond acceptors (Lipinski definition) is 3. The number of nitrogens with zero attached hydrogens (tertiary/aromatic N) is 3. The van der Waals surface area contributed by atoms with Gasteiger partial charge in [-0.15, -0.1) is 11.3 Å². The zero-order chi connectivity index (χ0) is 23.3. The minimum Gasteiger partial charge on any atom is -0.339 e. The molecule has 0 bridgehead atoms. The molecule has 4 aromatic rings. The van der Waals surface area contributed by atoms with Crippen LogP contribution in [0.25, 0.3) is 21.5 Å². The van der Waals surface area contributed by atoms with Gasteiger partial charge in [0.25, 0.3) is 0 Å². The fourth-order valence-corrected chi connectivity index (χ4v) is 4.37. The fraction of sp³-hybridized carbons (Fsp3) is 0.182. The minimum atomic E-state index is -4.68. The molecule has 32 heavy (non-hydrogen) atoms. The molecule has 0 saturated heterocycles. The number of rotatable bonds is 3. The van der Waals surface area contributed by atoms with Crippen LogP contribution in [0, 0.1) is 18.3 Å². The number of thiazole rings is 1. The van der Waals surface area contributed by atoms with E-state index in [1.165, 1.54) is 35.6 Å². The SMILES string of the molecule is Cc1cc2c(C(F)(F)F)c(C#N)ccc2n1Cc1csc(-c2ccc(C(F)(F)F)cc2)n1. The maximum Gasteiger partial charge on any atom is 0.418 e. The lowest BCUT2D eigenvalue weighted by molar-refractivity contribution is -0.138. The Labute approximate surface area is 182 Å². The van der Waals surface area contributed by atoms with Gasteiger partial charge < -0.3 is 4.57 Å². The Morgan fingerprint density at radius 1 is 1.00 bits per heavy atom. The third kappa shape index (κ3) is 3.96. The van der Waals surface area contributed by atoms with Crippen molar-refractivity contribution in [1.82, 2.24) is 9.55 Å². The van der Waals surface area contributed by atoms with Gasteiger partial charge in [-0.2, -0.15) is 31.6 Å². The summed E-state index contributed by atoms with van der Waals surface area (Å²) in [6, 6.07) is 10.2. The van der Waals surface area contributed by atoms with E-state index in [9.17, 15) is 26.3 Å². The number of halogens is 6. The molecule has 0 amide bonds. The number of nitriles is 1. The number of benzene rings is 2. The Morgan fingerprint density at radius 2 is 1.69 bits per heavy atom. The summed E-state index contributed by atoms with van der Waals surface area (Å²) in [7, 11) is 0. The normalized spacial score (nSPS) is 12.3. The summed E-state index contributed by atoms with van der Waals surface area (Å²) < 4.78 is 80.7. The van der Waals surface area contributed by atoms with Crippen LogP contribution in [0.15, 0.2) is 47.8 Å². The molecule has 3 nitrogen and oxygen atoms in total. The van der Waals surface area contributed by atoms with Gasteiger partial charge in [-0.1, -0.05) is 12.1 Å². The van der Waals surface area contributed by atoms with Gasteiger partial charge in [0.1, 0.15) is 5.01 Å². The van der Waals surface area contributed by atoms with Gasteiger partial charge in [-0.25, -0.2) is 4.98 Å². The average molecular weight is 465 g/mol. The average Bonchev–Trinajstić information content (AvgIpc) is 3.31. The number of alkyl halides is 6. The molecular weight excluding hydrogens is 452 g/mol. The molecule has 0 aliphatic rings. The largest absolute Gasteiger partial charge is 0.418 e. The molecule has 4 rings (SSSR count). The Morgan fingerprint density at radius 3 is 2.28 bits per heavy atom. The molecule has 0 fully saturated rings. The molecule has 2 heterocycles. The standard InChI is InChI=1S/C22H13F6N3S/c1-12-8-17-18(7-4-14(9-29)19(17)22(26,27)28)31(12)10-16-11-32-20(30-16)13-2-5-15(6-3-13)21(23,24)25/h2-8,11H,10H2,1H3. The van der Waals surface area contributed by atoms with Crippen LogP contribution in [0.4, 0.5) is 26.3 Å². The zero-order valence-electron chi connectivity index (χ0n) is 16.3. The number of aromatic nitrogens is 2. The molecule has 164 valence electrons. The van der Waals surface area contributed by atoms with E-state index < -0.39 is 29.0 Å². The monoisotopic (exact) mass is 465 g/mol. The van der Waals surface area contributed by atoms with Gasteiger partial charge in [0, 0.05) is 27.5 Å². The number of fused-ring (bicyclic) bond motifs is 1. The molecule has 0 atom stereocenters. The van der Waals surface area contributed by atoms with Crippen molar-refractivity contribution in [2.75, 3.05) is 0 Å². The van der Waals surface area contributed by atoms with Crippen molar-refractivity contribution in [2.24, 2.45) is 0 Å². The maximum absolute atomic E-state index is 13.6. The molecular formula is C22H13F6N3S. The van der Waals surface area contributed by atoms with Crippen LogP contribution in [-0.4, -0.2) is 9.55 Å². The summed E-state index contributed by atoms with van der Waals surface area (Å²) in [6.45, 7) is 1.84. The highest BCUT2D eigenvalue weighted by atomic mass is 32.1. The zero-order valence-corrected chi connectivity index (χ0v) is 17.2. The molecule has 2 aromatic heterocycles. The van der Waals surface area contributed by atoms with Crippen molar-refractivity contribution in [2.45, 2.75) is 25.8 Å². The van der Waals surface area contributed by atoms with E-state index >= 15 is 0 Å². The molecule has 0 spiro atoms. The van der Waals surface area contributed by atoms with Crippen LogP contribution < -0.4 is 0 Å². The summed E-state index contributed by atoms with van der Waals surface area (Å²) in [5, 5.41) is 11.3. The van der Waals surface area contributed by atoms with Gasteiger partial charge in [0.05, 0.1) is 35.0 Å². The van der Waals surface area contributed by atoms with E-state index in [1.54, 1.807) is 22.9 Å². The van der Waals surface area contributed by atoms with Crippen molar-refractivity contribution in [1.29, 1.82) is 5.26 Å². The highest BCUT2D eigenvalue weighted by Gasteiger charge is 2.36. The third-order valence-electron chi connectivity index (χ3n) is 5.03. The summed E-state index contributed by atoms with van der Waals surface area (Å²) in [4.78, 5) is 4.44. The van der Waals surface area contributed by atoms with Crippen LogP contribution in [-0.2, 0) is 18.9 Å². The molecule has 0 aliphatic heterocycles. The number of aryl methyl sites for hydroxylation is 1. The summed E-state index contributed by atoms with van der Waals surface area (Å²) >= 11 is 1.23. The molecule has 2 aromatic carbocycles. The highest BCUT2D eigenvalue weighted by Crippen LogP contribution is 2.39. The lowest BCUT2D eigenvalue weighted by Crippen LogP contribution is -2.09. The van der Waals surface area contributed by atoms with E-state index in [0.717, 1.165) is 18.2 Å². The Balaban J connectivity index is 1.69. The first-order chi connectivity index (χ1) is 15.0. The van der Waals surface area contributed by atoms with Crippen LogP contribution in [0.3, 0.4) is 0 Å².